The Morgan fingerprint density at radius 1 is 1.29 bits per heavy atom. The minimum atomic E-state index is -4.88. The second-order valence-electron chi connectivity index (χ2n) is 3.00. The lowest BCUT2D eigenvalue weighted by Crippen LogP contribution is -1.92. The molecule has 6 nitrogen and oxygen atoms in total. The average Bonchev–Trinajstić information content (AvgIpc) is 1.78. The molecule has 8 heteroatoms. The predicted molar refractivity (Wildman–Crippen MR) is 51.9 cm³/mol. The monoisotopic (exact) mass is 244 g/mol. The van der Waals surface area contributed by atoms with Crippen LogP contribution in [0.15, 0.2) is 11.6 Å². The van der Waals surface area contributed by atoms with E-state index in [2.05, 4.69) is 4.31 Å². The van der Waals surface area contributed by atoms with Crippen LogP contribution in [0.25, 0.3) is 0 Å². The largest absolute Gasteiger partial charge is 0.476 e. The summed E-state index contributed by atoms with van der Waals surface area (Å²) in [7, 11) is -9.06. The van der Waals surface area contributed by atoms with Gasteiger partial charge in [0, 0.05) is 0 Å². The molecule has 1 unspecified atom stereocenters. The quantitative estimate of drug-likeness (QED) is 0.501. The Morgan fingerprint density at radius 2 is 1.79 bits per heavy atom. The van der Waals surface area contributed by atoms with E-state index in [-0.39, 0.29) is 12.6 Å². The second kappa shape index (κ2) is 5.21. The van der Waals surface area contributed by atoms with Crippen molar-refractivity contribution in [3.8, 4) is 0 Å². The van der Waals surface area contributed by atoms with Crippen LogP contribution in [0, 0.1) is 0 Å². The lowest BCUT2D eigenvalue weighted by Gasteiger charge is -2.11. The van der Waals surface area contributed by atoms with Gasteiger partial charge in [-0.15, -0.1) is 0 Å². The summed E-state index contributed by atoms with van der Waals surface area (Å²) in [5, 5.41) is 0. The van der Waals surface area contributed by atoms with Crippen LogP contribution >= 0.6 is 15.4 Å². The molecular formula is C6H14O6P2. The average molecular weight is 244 g/mol. The zero-order chi connectivity index (χ0) is 11.4. The zero-order valence-corrected chi connectivity index (χ0v) is 9.74. The molecule has 0 aromatic rings. The maximum Gasteiger partial charge on any atom is 0.476 e. The highest BCUT2D eigenvalue weighted by Crippen LogP contribution is 2.57. The van der Waals surface area contributed by atoms with Gasteiger partial charge in [-0.1, -0.05) is 11.6 Å². The van der Waals surface area contributed by atoms with Gasteiger partial charge in [0.2, 0.25) is 0 Å². The Balaban J connectivity index is 4.17. The number of rotatable bonds is 5. The van der Waals surface area contributed by atoms with Crippen LogP contribution in [0.1, 0.15) is 20.3 Å². The molecule has 0 fully saturated rings. The van der Waals surface area contributed by atoms with E-state index < -0.39 is 15.4 Å². The molecule has 0 bridgehead atoms. The fraction of sp³-hybridized carbons (Fsp3) is 0.667. The molecule has 0 spiro atoms. The molecule has 0 saturated carbocycles. The van der Waals surface area contributed by atoms with Crippen molar-refractivity contribution in [2.75, 3.05) is 6.16 Å². The number of hydrogen-bond donors (Lipinski definition) is 3. The van der Waals surface area contributed by atoms with Crippen molar-refractivity contribution in [1.82, 2.24) is 0 Å². The van der Waals surface area contributed by atoms with Crippen LogP contribution in [-0.4, -0.2) is 20.8 Å². The van der Waals surface area contributed by atoms with Gasteiger partial charge in [0.15, 0.2) is 0 Å². The smallest absolute Gasteiger partial charge is 0.324 e. The molecule has 0 amide bonds. The molecule has 0 aromatic carbocycles. The van der Waals surface area contributed by atoms with Crippen molar-refractivity contribution in [1.29, 1.82) is 0 Å². The third kappa shape index (κ3) is 8.63. The van der Waals surface area contributed by atoms with Gasteiger partial charge >= 0.3 is 15.4 Å². The number of phosphoric acid groups is 1. The Kier molecular flexibility index (Phi) is 5.23. The van der Waals surface area contributed by atoms with E-state index in [0.29, 0.717) is 0 Å². The summed E-state index contributed by atoms with van der Waals surface area (Å²) in [4.78, 5) is 25.6. The minimum absolute atomic E-state index is 0.246. The molecule has 3 N–H and O–H groups in total. The number of hydrogen-bond acceptors (Lipinski definition) is 3. The first-order chi connectivity index (χ1) is 6.12. The van der Waals surface area contributed by atoms with E-state index >= 15 is 0 Å². The molecule has 0 aliphatic heterocycles. The Hall–Kier alpha value is 0.0400. The summed E-state index contributed by atoms with van der Waals surface area (Å²) >= 11 is 0. The molecule has 14 heavy (non-hydrogen) atoms. The second-order valence-corrected chi connectivity index (χ2v) is 6.36. The summed E-state index contributed by atoms with van der Waals surface area (Å²) in [6.07, 6.45) is 1.63. The fourth-order valence-corrected chi connectivity index (χ4v) is 2.83. The summed E-state index contributed by atoms with van der Waals surface area (Å²) in [5.41, 5.74) is 0.959. The lowest BCUT2D eigenvalue weighted by atomic mass is 10.3. The van der Waals surface area contributed by atoms with Crippen LogP contribution in [0.2, 0.25) is 0 Å². The highest BCUT2D eigenvalue weighted by molar-refractivity contribution is 7.63. The molecule has 0 saturated heterocycles. The van der Waals surface area contributed by atoms with E-state index in [4.69, 9.17) is 14.7 Å². The summed E-state index contributed by atoms with van der Waals surface area (Å²) in [6.45, 7) is 3.62. The van der Waals surface area contributed by atoms with E-state index in [1.165, 1.54) is 0 Å². The van der Waals surface area contributed by atoms with Crippen molar-refractivity contribution < 1.29 is 28.1 Å². The van der Waals surface area contributed by atoms with Gasteiger partial charge in [0.05, 0.1) is 6.16 Å². The van der Waals surface area contributed by atoms with Gasteiger partial charge in [0.25, 0.3) is 0 Å². The van der Waals surface area contributed by atoms with Crippen molar-refractivity contribution in [3.05, 3.63) is 11.6 Å². The molecular weight excluding hydrogens is 230 g/mol. The molecule has 0 aliphatic rings. The maximum absolute atomic E-state index is 11.0. The first-order valence-corrected chi connectivity index (χ1v) is 7.14. The molecule has 0 rings (SSSR count). The van der Waals surface area contributed by atoms with E-state index in [1.54, 1.807) is 6.08 Å². The highest BCUT2D eigenvalue weighted by Gasteiger charge is 2.29. The Labute approximate surface area is 82.4 Å². The standard InChI is InChI=1S/C6H14O6P2/c1-6(2)4-3-5-13(7,8)12-14(9,10)11/h4H,3,5H2,1-2H3,(H,7,8)(H2,9,10,11). The van der Waals surface area contributed by atoms with Gasteiger partial charge < -0.3 is 14.7 Å². The van der Waals surface area contributed by atoms with Crippen LogP contribution in [0.4, 0.5) is 0 Å². The van der Waals surface area contributed by atoms with Crippen molar-refractivity contribution in [2.45, 2.75) is 20.3 Å². The molecule has 0 aliphatic carbocycles. The lowest BCUT2D eigenvalue weighted by molar-refractivity contribution is 0.263. The van der Waals surface area contributed by atoms with Gasteiger partial charge in [-0.2, -0.15) is 0 Å². The SMILES string of the molecule is CC(C)=CCCP(=O)(O)OP(=O)(O)O. The van der Waals surface area contributed by atoms with Crippen LogP contribution in [-0.2, 0) is 13.4 Å². The normalized spacial score (nSPS) is 16.1. The van der Waals surface area contributed by atoms with Crippen molar-refractivity contribution in [3.63, 3.8) is 0 Å². The van der Waals surface area contributed by atoms with Gasteiger partial charge in [-0.05, 0) is 20.3 Å². The Bertz CT molecular complexity index is 299. The minimum Gasteiger partial charge on any atom is -0.324 e. The van der Waals surface area contributed by atoms with Gasteiger partial charge in [-0.25, -0.2) is 8.88 Å². The van der Waals surface area contributed by atoms with Crippen LogP contribution in [0.3, 0.4) is 0 Å². The molecule has 0 heterocycles. The third-order valence-electron chi connectivity index (χ3n) is 1.20. The topological polar surface area (TPSA) is 104 Å². The molecule has 0 radical (unpaired) electrons. The summed E-state index contributed by atoms with van der Waals surface area (Å²) in [5.74, 6) is 0. The van der Waals surface area contributed by atoms with Crippen molar-refractivity contribution in [2.24, 2.45) is 0 Å². The molecule has 0 aromatic heterocycles. The van der Waals surface area contributed by atoms with Crippen LogP contribution < -0.4 is 0 Å². The van der Waals surface area contributed by atoms with E-state index in [0.717, 1.165) is 5.57 Å². The van der Waals surface area contributed by atoms with Gasteiger partial charge in [0.1, 0.15) is 0 Å². The number of allylic oxidation sites excluding steroid dienone is 2. The van der Waals surface area contributed by atoms with Crippen LogP contribution in [0.5, 0.6) is 0 Å². The highest BCUT2D eigenvalue weighted by atomic mass is 31.3. The third-order valence-corrected chi connectivity index (χ3v) is 3.89. The van der Waals surface area contributed by atoms with E-state index in [9.17, 15) is 9.13 Å². The Morgan fingerprint density at radius 3 is 2.14 bits per heavy atom. The summed E-state index contributed by atoms with van der Waals surface area (Å²) < 4.78 is 25.0. The first kappa shape index (κ1) is 14.0. The fourth-order valence-electron chi connectivity index (χ4n) is 0.723. The van der Waals surface area contributed by atoms with Crippen molar-refractivity contribution >= 4 is 15.4 Å². The zero-order valence-electron chi connectivity index (χ0n) is 7.95. The predicted octanol–water partition coefficient (Wildman–Crippen LogP) is 1.64. The summed E-state index contributed by atoms with van der Waals surface area (Å²) in [6, 6.07) is 0. The maximum atomic E-state index is 11.0. The molecule has 84 valence electrons. The first-order valence-electron chi connectivity index (χ1n) is 3.84. The van der Waals surface area contributed by atoms with E-state index in [1.807, 2.05) is 13.8 Å². The molecule has 1 atom stereocenters. The van der Waals surface area contributed by atoms with Gasteiger partial charge in [-0.3, -0.25) is 4.57 Å².